The lowest BCUT2D eigenvalue weighted by Crippen LogP contribution is -2.37. The molecule has 0 saturated heterocycles. The van der Waals surface area contributed by atoms with Gasteiger partial charge in [-0.15, -0.1) is 24.0 Å². The molecule has 2 aromatic carbocycles. The predicted octanol–water partition coefficient (Wildman–Crippen LogP) is 4.49. The molecular weight excluding hydrogens is 491 g/mol. The van der Waals surface area contributed by atoms with Gasteiger partial charge in [0.25, 0.3) is 0 Å². The Kier molecular flexibility index (Phi) is 9.79. The highest BCUT2D eigenvalue weighted by Crippen LogP contribution is 2.28. The van der Waals surface area contributed by atoms with Crippen molar-refractivity contribution in [3.8, 4) is 11.5 Å². The van der Waals surface area contributed by atoms with E-state index in [1.807, 2.05) is 24.3 Å². The minimum absolute atomic E-state index is 0. The number of aliphatic imine (C=N–C) groups is 1. The van der Waals surface area contributed by atoms with Crippen molar-refractivity contribution < 1.29 is 9.47 Å². The Balaban J connectivity index is 0.00000320. The summed E-state index contributed by atoms with van der Waals surface area (Å²) in [6, 6.07) is 14.4. The second kappa shape index (κ2) is 12.3. The van der Waals surface area contributed by atoms with E-state index in [2.05, 4.69) is 51.9 Å². The Morgan fingerprint density at radius 3 is 2.70 bits per heavy atom. The van der Waals surface area contributed by atoms with Crippen molar-refractivity contribution in [2.24, 2.45) is 4.99 Å². The van der Waals surface area contributed by atoms with Gasteiger partial charge in [-0.05, 0) is 42.2 Å². The molecular formula is C23H31IN4O2. The molecule has 1 aromatic heterocycles. The van der Waals surface area contributed by atoms with Crippen molar-refractivity contribution in [3.63, 3.8) is 0 Å². The number of methoxy groups -OCH3 is 1. The Hall–Kier alpha value is -2.42. The first-order valence-corrected chi connectivity index (χ1v) is 10.0. The molecule has 0 unspecified atom stereocenters. The summed E-state index contributed by atoms with van der Waals surface area (Å²) in [5.41, 5.74) is 3.58. The number of hydrogen-bond acceptors (Lipinski definition) is 3. The fourth-order valence-electron chi connectivity index (χ4n) is 3.21. The molecule has 3 N–H and O–H groups in total. The van der Waals surface area contributed by atoms with Crippen LogP contribution >= 0.6 is 24.0 Å². The molecule has 162 valence electrons. The number of fused-ring (bicyclic) bond motifs is 1. The highest BCUT2D eigenvalue weighted by molar-refractivity contribution is 14.0. The molecule has 0 fully saturated rings. The zero-order chi connectivity index (χ0) is 20.5. The Morgan fingerprint density at radius 2 is 1.93 bits per heavy atom. The van der Waals surface area contributed by atoms with Crippen molar-refractivity contribution in [1.29, 1.82) is 0 Å². The average Bonchev–Trinajstić information content (AvgIpc) is 3.18. The maximum absolute atomic E-state index is 5.71. The molecule has 0 saturated carbocycles. The lowest BCUT2D eigenvalue weighted by atomic mass is 10.1. The van der Waals surface area contributed by atoms with E-state index in [4.69, 9.17) is 9.47 Å². The van der Waals surface area contributed by atoms with E-state index in [1.54, 1.807) is 14.2 Å². The van der Waals surface area contributed by atoms with Crippen molar-refractivity contribution in [2.75, 3.05) is 27.3 Å². The van der Waals surface area contributed by atoms with E-state index in [0.29, 0.717) is 13.2 Å². The van der Waals surface area contributed by atoms with Gasteiger partial charge in [0.1, 0.15) is 0 Å². The average molecular weight is 522 g/mol. The smallest absolute Gasteiger partial charge is 0.191 e. The number of rotatable bonds is 9. The van der Waals surface area contributed by atoms with Crippen molar-refractivity contribution in [3.05, 3.63) is 59.8 Å². The van der Waals surface area contributed by atoms with Gasteiger partial charge in [-0.3, -0.25) is 4.99 Å². The van der Waals surface area contributed by atoms with Crippen LogP contribution in [0.5, 0.6) is 11.5 Å². The van der Waals surface area contributed by atoms with Crippen LogP contribution in [0.1, 0.15) is 24.5 Å². The van der Waals surface area contributed by atoms with E-state index in [-0.39, 0.29) is 24.0 Å². The second-order valence-electron chi connectivity index (χ2n) is 6.80. The van der Waals surface area contributed by atoms with Crippen molar-refractivity contribution >= 4 is 40.8 Å². The van der Waals surface area contributed by atoms with Gasteiger partial charge in [0.05, 0.1) is 13.7 Å². The summed E-state index contributed by atoms with van der Waals surface area (Å²) in [7, 11) is 3.44. The van der Waals surface area contributed by atoms with E-state index < -0.39 is 0 Å². The van der Waals surface area contributed by atoms with Crippen molar-refractivity contribution in [1.82, 2.24) is 15.6 Å². The summed E-state index contributed by atoms with van der Waals surface area (Å²) in [5.74, 6) is 2.30. The molecule has 0 spiro atoms. The van der Waals surface area contributed by atoms with Gasteiger partial charge in [0.2, 0.25) is 0 Å². The first-order chi connectivity index (χ1) is 14.2. The molecule has 3 rings (SSSR count). The quantitative estimate of drug-likeness (QED) is 0.220. The summed E-state index contributed by atoms with van der Waals surface area (Å²) in [6.07, 6.45) is 3.96. The fourth-order valence-corrected chi connectivity index (χ4v) is 3.21. The van der Waals surface area contributed by atoms with Gasteiger partial charge in [0.15, 0.2) is 17.5 Å². The number of guanidine groups is 1. The largest absolute Gasteiger partial charge is 0.493 e. The molecule has 6 nitrogen and oxygen atoms in total. The Bertz CT molecular complexity index is 955. The molecule has 1 heterocycles. The van der Waals surface area contributed by atoms with Crippen LogP contribution in [0.4, 0.5) is 0 Å². The number of aromatic nitrogens is 1. The topological polar surface area (TPSA) is 70.7 Å². The van der Waals surface area contributed by atoms with Gasteiger partial charge in [-0.1, -0.05) is 31.2 Å². The molecule has 0 atom stereocenters. The van der Waals surface area contributed by atoms with Gasteiger partial charge >= 0.3 is 0 Å². The second-order valence-corrected chi connectivity index (χ2v) is 6.80. The first kappa shape index (κ1) is 23.9. The maximum atomic E-state index is 5.71. The van der Waals surface area contributed by atoms with Crippen LogP contribution in [0, 0.1) is 0 Å². The predicted molar refractivity (Wildman–Crippen MR) is 134 cm³/mol. The van der Waals surface area contributed by atoms with E-state index >= 15 is 0 Å². The SMILES string of the molecule is CCCOc1ccc(CNC(=NC)NCCc2c[nH]c3ccccc23)cc1OC.I. The number of halogens is 1. The molecule has 3 aromatic rings. The normalized spacial score (nSPS) is 11.1. The van der Waals surface area contributed by atoms with Gasteiger partial charge in [-0.2, -0.15) is 0 Å². The zero-order valence-corrected chi connectivity index (χ0v) is 20.2. The lowest BCUT2D eigenvalue weighted by Gasteiger charge is -2.14. The molecule has 0 amide bonds. The summed E-state index contributed by atoms with van der Waals surface area (Å²) in [4.78, 5) is 7.63. The highest BCUT2D eigenvalue weighted by atomic mass is 127. The molecule has 0 bridgehead atoms. The number of aromatic amines is 1. The molecule has 0 aliphatic heterocycles. The van der Waals surface area contributed by atoms with Crippen LogP contribution in [-0.4, -0.2) is 38.3 Å². The molecule has 30 heavy (non-hydrogen) atoms. The lowest BCUT2D eigenvalue weighted by molar-refractivity contribution is 0.294. The van der Waals surface area contributed by atoms with Crippen LogP contribution in [0.15, 0.2) is 53.7 Å². The van der Waals surface area contributed by atoms with E-state index in [0.717, 1.165) is 42.4 Å². The van der Waals surface area contributed by atoms with Crippen LogP contribution in [0.2, 0.25) is 0 Å². The molecule has 7 heteroatoms. The number of para-hydroxylation sites is 1. The summed E-state index contributed by atoms with van der Waals surface area (Å²) in [6.45, 7) is 4.22. The molecule has 0 aliphatic rings. The fraction of sp³-hybridized carbons (Fsp3) is 0.348. The summed E-state index contributed by atoms with van der Waals surface area (Å²) in [5, 5.41) is 8.00. The van der Waals surface area contributed by atoms with Gasteiger partial charge < -0.3 is 25.1 Å². The first-order valence-electron chi connectivity index (χ1n) is 10.0. The maximum Gasteiger partial charge on any atom is 0.191 e. The van der Waals surface area contributed by atoms with E-state index in [1.165, 1.54) is 16.5 Å². The standard InChI is InChI=1S/C23H30N4O2.HI/c1-4-13-29-21-10-9-17(14-22(21)28-3)15-27-23(24-2)25-12-11-18-16-26-20-8-6-5-7-19(18)20;/h5-10,14,16,26H,4,11-13,15H2,1-3H3,(H2,24,25,27);1H. The zero-order valence-electron chi connectivity index (χ0n) is 17.8. The summed E-state index contributed by atoms with van der Waals surface area (Å²) >= 11 is 0. The summed E-state index contributed by atoms with van der Waals surface area (Å²) < 4.78 is 11.2. The number of ether oxygens (including phenoxy) is 2. The molecule has 0 radical (unpaired) electrons. The number of nitrogens with zero attached hydrogens (tertiary/aromatic N) is 1. The van der Waals surface area contributed by atoms with Crippen LogP contribution in [-0.2, 0) is 13.0 Å². The van der Waals surface area contributed by atoms with Crippen molar-refractivity contribution in [2.45, 2.75) is 26.3 Å². The Labute approximate surface area is 195 Å². The minimum atomic E-state index is 0. The van der Waals surface area contributed by atoms with E-state index in [9.17, 15) is 0 Å². The monoisotopic (exact) mass is 522 g/mol. The third-order valence-corrected chi connectivity index (χ3v) is 4.73. The number of nitrogens with one attached hydrogen (secondary N) is 3. The van der Waals surface area contributed by atoms with Crippen LogP contribution in [0.3, 0.4) is 0 Å². The van der Waals surface area contributed by atoms with Crippen LogP contribution < -0.4 is 20.1 Å². The van der Waals surface area contributed by atoms with Gasteiger partial charge in [0, 0.05) is 37.2 Å². The third kappa shape index (κ3) is 6.29. The Morgan fingerprint density at radius 1 is 1.10 bits per heavy atom. The molecule has 0 aliphatic carbocycles. The number of hydrogen-bond donors (Lipinski definition) is 3. The van der Waals surface area contributed by atoms with Gasteiger partial charge in [-0.25, -0.2) is 0 Å². The number of H-pyrrole nitrogens is 1. The number of benzene rings is 2. The van der Waals surface area contributed by atoms with Crippen LogP contribution in [0.25, 0.3) is 10.9 Å². The minimum Gasteiger partial charge on any atom is -0.493 e. The highest BCUT2D eigenvalue weighted by Gasteiger charge is 2.07. The third-order valence-electron chi connectivity index (χ3n) is 4.73.